The summed E-state index contributed by atoms with van der Waals surface area (Å²) < 4.78 is 2.41. The molecular formula is C7H18NSi2. The van der Waals surface area contributed by atoms with Gasteiger partial charge in [0.05, 0.1) is 8.31 Å². The Balaban J connectivity index is 4.22. The summed E-state index contributed by atoms with van der Waals surface area (Å²) in [4.78, 5) is 0. The van der Waals surface area contributed by atoms with Crippen LogP contribution in [-0.2, 0) is 0 Å². The minimum absolute atomic E-state index is 0.276. The molecule has 1 nitrogen and oxygen atoms in total. The Kier molecular flexibility index (Phi) is 3.55. The van der Waals surface area contributed by atoms with Gasteiger partial charge in [-0.25, -0.2) is 0 Å². The molecule has 0 aliphatic heterocycles. The van der Waals surface area contributed by atoms with Crippen LogP contribution in [0.2, 0.25) is 19.6 Å². The van der Waals surface area contributed by atoms with Crippen LogP contribution in [0.25, 0.3) is 0 Å². The highest BCUT2D eigenvalue weighted by Gasteiger charge is 2.29. The van der Waals surface area contributed by atoms with Crippen molar-refractivity contribution in [3.63, 3.8) is 0 Å². The zero-order valence-corrected chi connectivity index (χ0v) is 9.73. The van der Waals surface area contributed by atoms with Gasteiger partial charge >= 0.3 is 0 Å². The van der Waals surface area contributed by atoms with E-state index in [-0.39, 0.29) is 8.31 Å². The zero-order valence-electron chi connectivity index (χ0n) is 7.73. The van der Waals surface area contributed by atoms with Gasteiger partial charge in [0.1, 0.15) is 7.75 Å². The highest BCUT2D eigenvalue weighted by Crippen LogP contribution is 2.09. The second kappa shape index (κ2) is 3.50. The standard InChI is InChI=1S/C7H18NSi2/c1-7-9(4)10(5,6)8(2)3/h7H,1H2,2-6H3. The summed E-state index contributed by atoms with van der Waals surface area (Å²) >= 11 is 0. The summed E-state index contributed by atoms with van der Waals surface area (Å²) in [5, 5.41) is 0. The van der Waals surface area contributed by atoms with E-state index in [1.165, 1.54) is 0 Å². The van der Waals surface area contributed by atoms with Gasteiger partial charge in [0.2, 0.25) is 0 Å². The Hall–Kier alpha value is 0.134. The maximum atomic E-state index is 3.86. The molecule has 0 aromatic carbocycles. The Morgan fingerprint density at radius 1 is 1.40 bits per heavy atom. The average molecular weight is 172 g/mol. The van der Waals surface area contributed by atoms with Gasteiger partial charge in [-0.1, -0.05) is 19.6 Å². The van der Waals surface area contributed by atoms with E-state index in [1.54, 1.807) is 0 Å². The second-order valence-corrected chi connectivity index (χ2v) is 15.2. The predicted octanol–water partition coefficient (Wildman–Crippen LogP) is 1.68. The lowest BCUT2D eigenvalue weighted by Crippen LogP contribution is -2.54. The van der Waals surface area contributed by atoms with E-state index in [1.807, 2.05) is 0 Å². The van der Waals surface area contributed by atoms with Gasteiger partial charge < -0.3 is 4.57 Å². The van der Waals surface area contributed by atoms with Gasteiger partial charge in [-0.2, -0.15) is 0 Å². The van der Waals surface area contributed by atoms with Crippen molar-refractivity contribution in [3.05, 3.63) is 12.3 Å². The number of hydrogen-bond acceptors (Lipinski definition) is 1. The fourth-order valence-electron chi connectivity index (χ4n) is 0.602. The average Bonchev–Trinajstić information content (AvgIpc) is 1.86. The number of rotatable bonds is 3. The maximum absolute atomic E-state index is 3.86. The van der Waals surface area contributed by atoms with Gasteiger partial charge in [-0.3, -0.25) is 0 Å². The lowest BCUT2D eigenvalue weighted by Gasteiger charge is -2.33. The summed E-state index contributed by atoms with van der Waals surface area (Å²) in [6, 6.07) is 0. The molecule has 0 heterocycles. The van der Waals surface area contributed by atoms with Gasteiger partial charge in [-0.15, -0.1) is 12.3 Å². The van der Waals surface area contributed by atoms with Gasteiger partial charge in [0.25, 0.3) is 0 Å². The lowest BCUT2D eigenvalue weighted by molar-refractivity contribution is 0.638. The van der Waals surface area contributed by atoms with E-state index in [2.05, 4.69) is 50.6 Å². The highest BCUT2D eigenvalue weighted by atomic mass is 29.2. The first kappa shape index (κ1) is 10.1. The predicted molar refractivity (Wildman–Crippen MR) is 53.0 cm³/mol. The van der Waals surface area contributed by atoms with Crippen molar-refractivity contribution in [2.45, 2.75) is 19.6 Å². The van der Waals surface area contributed by atoms with Crippen molar-refractivity contribution in [1.29, 1.82) is 0 Å². The first-order valence-corrected chi connectivity index (χ1v) is 9.59. The maximum Gasteiger partial charge on any atom is 0.113 e. The van der Waals surface area contributed by atoms with Gasteiger partial charge in [-0.05, 0) is 14.1 Å². The molecule has 0 aromatic rings. The van der Waals surface area contributed by atoms with Crippen molar-refractivity contribution in [2.75, 3.05) is 14.1 Å². The third-order valence-corrected chi connectivity index (χ3v) is 14.9. The summed E-state index contributed by atoms with van der Waals surface area (Å²) in [5.41, 5.74) is 2.16. The van der Waals surface area contributed by atoms with Crippen LogP contribution in [0.15, 0.2) is 12.3 Å². The Bertz CT molecular complexity index is 121. The Morgan fingerprint density at radius 3 is 1.90 bits per heavy atom. The van der Waals surface area contributed by atoms with Crippen LogP contribution in [0.5, 0.6) is 0 Å². The SMILES string of the molecule is C=C[Si](C)[Si](C)(C)N(C)C. The minimum Gasteiger partial charge on any atom is -0.331 e. The van der Waals surface area contributed by atoms with Crippen LogP contribution >= 0.6 is 0 Å². The molecule has 0 spiro atoms. The van der Waals surface area contributed by atoms with Crippen molar-refractivity contribution in [3.8, 4) is 0 Å². The molecule has 10 heavy (non-hydrogen) atoms. The van der Waals surface area contributed by atoms with Crippen LogP contribution in [-0.4, -0.2) is 34.7 Å². The first-order valence-electron chi connectivity index (χ1n) is 3.56. The quantitative estimate of drug-likeness (QED) is 0.586. The first-order chi connectivity index (χ1) is 4.42. The second-order valence-electron chi connectivity index (χ2n) is 3.34. The number of nitrogens with zero attached hydrogens (tertiary/aromatic N) is 1. The van der Waals surface area contributed by atoms with Crippen LogP contribution in [0.1, 0.15) is 0 Å². The Morgan fingerprint density at radius 2 is 1.80 bits per heavy atom. The number of hydrogen-bond donors (Lipinski definition) is 0. The van der Waals surface area contributed by atoms with Crippen LogP contribution < -0.4 is 0 Å². The topological polar surface area (TPSA) is 3.24 Å². The normalized spacial score (nSPS) is 12.7. The smallest absolute Gasteiger partial charge is 0.113 e. The summed E-state index contributed by atoms with van der Waals surface area (Å²) in [7, 11) is 3.03. The molecule has 0 saturated carbocycles. The van der Waals surface area contributed by atoms with Crippen LogP contribution in [0, 0.1) is 0 Å². The molecule has 0 saturated heterocycles. The van der Waals surface area contributed by atoms with Crippen molar-refractivity contribution in [2.24, 2.45) is 0 Å². The molecule has 0 unspecified atom stereocenters. The fourth-order valence-corrected chi connectivity index (χ4v) is 5.42. The molecule has 0 amide bonds. The third-order valence-electron chi connectivity index (χ3n) is 2.39. The van der Waals surface area contributed by atoms with Gasteiger partial charge in [0.15, 0.2) is 0 Å². The van der Waals surface area contributed by atoms with Crippen molar-refractivity contribution in [1.82, 2.24) is 4.57 Å². The monoisotopic (exact) mass is 172 g/mol. The largest absolute Gasteiger partial charge is 0.331 e. The minimum atomic E-state index is -1.07. The van der Waals surface area contributed by atoms with E-state index in [0.717, 1.165) is 0 Å². The molecule has 0 bridgehead atoms. The van der Waals surface area contributed by atoms with E-state index < -0.39 is 7.75 Å². The molecule has 0 fully saturated rings. The molecule has 3 heteroatoms. The van der Waals surface area contributed by atoms with E-state index in [9.17, 15) is 0 Å². The highest BCUT2D eigenvalue weighted by molar-refractivity contribution is 7.32. The van der Waals surface area contributed by atoms with Crippen LogP contribution in [0.3, 0.4) is 0 Å². The summed E-state index contributed by atoms with van der Waals surface area (Å²) in [6.07, 6.45) is 0. The molecule has 59 valence electrons. The lowest BCUT2D eigenvalue weighted by atomic mass is 11.3. The van der Waals surface area contributed by atoms with Crippen LogP contribution in [0.4, 0.5) is 0 Å². The molecule has 1 radical (unpaired) electrons. The molecule has 0 aliphatic carbocycles. The molecule has 0 atom stereocenters. The van der Waals surface area contributed by atoms with Gasteiger partial charge in [0, 0.05) is 0 Å². The summed E-state index contributed by atoms with van der Waals surface area (Å²) in [5.74, 6) is 0. The van der Waals surface area contributed by atoms with E-state index in [0.29, 0.717) is 0 Å². The third kappa shape index (κ3) is 2.07. The molecule has 0 N–H and O–H groups in total. The molecular weight excluding hydrogens is 154 g/mol. The molecule has 0 aromatic heterocycles. The Labute approximate surface area is 67.2 Å². The van der Waals surface area contributed by atoms with E-state index in [4.69, 9.17) is 0 Å². The zero-order chi connectivity index (χ0) is 8.36. The molecule has 0 aliphatic rings. The summed E-state index contributed by atoms with van der Waals surface area (Å²) in [6.45, 7) is 11.0. The fraction of sp³-hybridized carbons (Fsp3) is 0.714. The van der Waals surface area contributed by atoms with Crippen molar-refractivity contribution < 1.29 is 0 Å². The molecule has 0 rings (SSSR count). The van der Waals surface area contributed by atoms with E-state index >= 15 is 0 Å². The van der Waals surface area contributed by atoms with Crippen molar-refractivity contribution >= 4 is 16.1 Å².